The third-order valence-electron chi connectivity index (χ3n) is 4.22. The van der Waals surface area contributed by atoms with Gasteiger partial charge in [0.25, 0.3) is 0 Å². The molecule has 0 spiro atoms. The summed E-state index contributed by atoms with van der Waals surface area (Å²) in [6.45, 7) is 2.48. The van der Waals surface area contributed by atoms with Crippen molar-refractivity contribution in [3.05, 3.63) is 29.8 Å². The molecule has 0 unspecified atom stereocenters. The Kier molecular flexibility index (Phi) is 8.15. The van der Waals surface area contributed by atoms with Crippen LogP contribution >= 0.6 is 12.4 Å². The van der Waals surface area contributed by atoms with E-state index < -0.39 is 10.0 Å². The topological polar surface area (TPSA) is 101 Å². The molecule has 1 saturated carbocycles. The average Bonchev–Trinajstić information content (AvgIpc) is 2.91. The van der Waals surface area contributed by atoms with Gasteiger partial charge in [-0.1, -0.05) is 25.5 Å². The lowest BCUT2D eigenvalue weighted by Crippen LogP contribution is -2.31. The first-order chi connectivity index (χ1) is 10.9. The lowest BCUT2D eigenvalue weighted by molar-refractivity contribution is -0.122. The van der Waals surface area contributed by atoms with Gasteiger partial charge in [0.2, 0.25) is 15.9 Å². The second kappa shape index (κ2) is 9.36. The van der Waals surface area contributed by atoms with Gasteiger partial charge in [0.1, 0.15) is 0 Å². The van der Waals surface area contributed by atoms with E-state index in [0.29, 0.717) is 19.5 Å². The third-order valence-corrected chi connectivity index (χ3v) is 5.78. The maximum absolute atomic E-state index is 12.0. The van der Waals surface area contributed by atoms with Gasteiger partial charge in [0, 0.05) is 25.6 Å². The quantitative estimate of drug-likeness (QED) is 0.672. The monoisotopic (exact) mass is 375 g/mol. The van der Waals surface area contributed by atoms with Crippen LogP contribution in [0.3, 0.4) is 0 Å². The molecule has 2 atom stereocenters. The normalized spacial score (nSPS) is 20.4. The molecule has 4 N–H and O–H groups in total. The van der Waals surface area contributed by atoms with Crippen LogP contribution in [0.15, 0.2) is 29.2 Å². The molecule has 1 amide bonds. The maximum atomic E-state index is 12.0. The van der Waals surface area contributed by atoms with Crippen molar-refractivity contribution >= 4 is 28.3 Å². The highest BCUT2D eigenvalue weighted by atomic mass is 35.5. The van der Waals surface area contributed by atoms with Gasteiger partial charge in [-0.2, -0.15) is 0 Å². The van der Waals surface area contributed by atoms with E-state index >= 15 is 0 Å². The number of sulfonamides is 1. The summed E-state index contributed by atoms with van der Waals surface area (Å²) in [7, 11) is -3.43. The van der Waals surface area contributed by atoms with E-state index in [9.17, 15) is 13.2 Å². The predicted molar refractivity (Wildman–Crippen MR) is 96.3 cm³/mol. The second-order valence-corrected chi connectivity index (χ2v) is 7.75. The zero-order valence-electron chi connectivity index (χ0n) is 13.8. The maximum Gasteiger partial charge on any atom is 0.240 e. The Morgan fingerprint density at radius 1 is 1.25 bits per heavy atom. The molecule has 1 aliphatic rings. The van der Waals surface area contributed by atoms with Crippen molar-refractivity contribution in [2.45, 2.75) is 50.1 Å². The van der Waals surface area contributed by atoms with E-state index in [1.807, 2.05) is 0 Å². The van der Waals surface area contributed by atoms with Gasteiger partial charge in [-0.3, -0.25) is 4.79 Å². The van der Waals surface area contributed by atoms with Crippen molar-refractivity contribution in [2.75, 3.05) is 6.54 Å². The van der Waals surface area contributed by atoms with Crippen molar-refractivity contribution in [1.29, 1.82) is 0 Å². The Hall–Kier alpha value is -1.15. The van der Waals surface area contributed by atoms with E-state index in [-0.39, 0.29) is 35.2 Å². The zero-order chi connectivity index (χ0) is 16.9. The lowest BCUT2D eigenvalue weighted by atomic mass is 10.00. The molecule has 2 rings (SSSR count). The van der Waals surface area contributed by atoms with Gasteiger partial charge >= 0.3 is 0 Å². The van der Waals surface area contributed by atoms with Crippen LogP contribution in [0.4, 0.5) is 0 Å². The van der Waals surface area contributed by atoms with Crippen LogP contribution in [0.2, 0.25) is 0 Å². The second-order valence-electron chi connectivity index (χ2n) is 5.98. The molecule has 1 aromatic carbocycles. The van der Waals surface area contributed by atoms with Gasteiger partial charge < -0.3 is 11.1 Å². The third kappa shape index (κ3) is 5.73. The average molecular weight is 376 g/mol. The number of benzene rings is 1. The van der Waals surface area contributed by atoms with Crippen LogP contribution in [0.5, 0.6) is 0 Å². The summed E-state index contributed by atoms with van der Waals surface area (Å²) in [4.78, 5) is 12.2. The van der Waals surface area contributed by atoms with Crippen LogP contribution in [0.1, 0.15) is 38.2 Å². The molecule has 8 heteroatoms. The Labute approximate surface area is 150 Å². The first-order valence-corrected chi connectivity index (χ1v) is 9.51. The van der Waals surface area contributed by atoms with E-state index in [4.69, 9.17) is 5.73 Å². The fourth-order valence-corrected chi connectivity index (χ4v) is 3.93. The van der Waals surface area contributed by atoms with Crippen LogP contribution in [-0.2, 0) is 21.4 Å². The van der Waals surface area contributed by atoms with Gasteiger partial charge in [-0.15, -0.1) is 12.4 Å². The summed E-state index contributed by atoms with van der Waals surface area (Å²) >= 11 is 0. The number of amides is 1. The molecule has 24 heavy (non-hydrogen) atoms. The Morgan fingerprint density at radius 3 is 2.46 bits per heavy atom. The number of carbonyl (C=O) groups is 1. The SMILES string of the molecule is CCNS(=O)(=O)c1ccc(CNC(=O)C[C@@H]2CCC[C@H]2N)cc1.Cl. The molecule has 6 nitrogen and oxygen atoms in total. The summed E-state index contributed by atoms with van der Waals surface area (Å²) in [5, 5.41) is 2.87. The van der Waals surface area contributed by atoms with E-state index in [0.717, 1.165) is 24.8 Å². The Bertz CT molecular complexity index is 634. The molecule has 0 bridgehead atoms. The fourth-order valence-electron chi connectivity index (χ4n) is 2.89. The Morgan fingerprint density at radius 2 is 1.92 bits per heavy atom. The number of halogens is 1. The van der Waals surface area contributed by atoms with Crippen LogP contribution in [0.25, 0.3) is 0 Å². The molecular formula is C16H26ClN3O3S. The zero-order valence-corrected chi connectivity index (χ0v) is 15.5. The lowest BCUT2D eigenvalue weighted by Gasteiger charge is -2.14. The first-order valence-electron chi connectivity index (χ1n) is 8.03. The number of nitrogens with one attached hydrogen (secondary N) is 2. The molecule has 0 heterocycles. The van der Waals surface area contributed by atoms with Gasteiger partial charge in [-0.05, 0) is 36.5 Å². The fraction of sp³-hybridized carbons (Fsp3) is 0.562. The minimum absolute atomic E-state index is 0. The minimum atomic E-state index is -3.43. The minimum Gasteiger partial charge on any atom is -0.352 e. The van der Waals surface area contributed by atoms with E-state index in [1.165, 1.54) is 0 Å². The van der Waals surface area contributed by atoms with Gasteiger partial charge in [0.15, 0.2) is 0 Å². The van der Waals surface area contributed by atoms with Crippen molar-refractivity contribution < 1.29 is 13.2 Å². The molecule has 0 aliphatic heterocycles. The number of nitrogens with two attached hydrogens (primary N) is 1. The number of rotatable bonds is 7. The molecule has 1 aliphatic carbocycles. The molecular weight excluding hydrogens is 350 g/mol. The molecule has 136 valence electrons. The highest BCUT2D eigenvalue weighted by Gasteiger charge is 2.25. The largest absolute Gasteiger partial charge is 0.352 e. The van der Waals surface area contributed by atoms with Crippen molar-refractivity contribution in [1.82, 2.24) is 10.0 Å². The summed E-state index contributed by atoms with van der Waals surface area (Å²) in [6.07, 6.45) is 3.58. The molecule has 0 aromatic heterocycles. The van der Waals surface area contributed by atoms with Crippen LogP contribution in [-0.4, -0.2) is 26.9 Å². The van der Waals surface area contributed by atoms with Crippen molar-refractivity contribution in [2.24, 2.45) is 11.7 Å². The highest BCUT2D eigenvalue weighted by molar-refractivity contribution is 7.89. The van der Waals surface area contributed by atoms with Gasteiger partial charge in [-0.25, -0.2) is 13.1 Å². The summed E-state index contributed by atoms with van der Waals surface area (Å²) in [5.74, 6) is 0.277. The van der Waals surface area contributed by atoms with Crippen LogP contribution < -0.4 is 15.8 Å². The summed E-state index contributed by atoms with van der Waals surface area (Å²) in [5.41, 5.74) is 6.84. The van der Waals surface area contributed by atoms with Crippen molar-refractivity contribution in [3.8, 4) is 0 Å². The van der Waals surface area contributed by atoms with E-state index in [2.05, 4.69) is 10.0 Å². The predicted octanol–water partition coefficient (Wildman–Crippen LogP) is 1.54. The van der Waals surface area contributed by atoms with E-state index in [1.54, 1.807) is 31.2 Å². The number of carbonyl (C=O) groups excluding carboxylic acids is 1. The molecule has 1 aromatic rings. The number of hydrogen-bond donors (Lipinski definition) is 3. The number of hydrogen-bond acceptors (Lipinski definition) is 4. The highest BCUT2D eigenvalue weighted by Crippen LogP contribution is 2.26. The summed E-state index contributed by atoms with van der Waals surface area (Å²) in [6, 6.07) is 6.66. The smallest absolute Gasteiger partial charge is 0.240 e. The standard InChI is InChI=1S/C16H25N3O3S.ClH/c1-2-19-23(21,22)14-8-6-12(7-9-14)11-18-16(20)10-13-4-3-5-15(13)17;/h6-9,13,15,19H,2-5,10-11,17H2,1H3,(H,18,20);1H/t13-,15+;/m0./s1. The Balaban J connectivity index is 0.00000288. The first kappa shape index (κ1) is 20.9. The molecule has 1 fully saturated rings. The van der Waals surface area contributed by atoms with Gasteiger partial charge in [0.05, 0.1) is 4.90 Å². The molecule has 0 radical (unpaired) electrons. The summed E-state index contributed by atoms with van der Waals surface area (Å²) < 4.78 is 26.1. The molecule has 0 saturated heterocycles. The van der Waals surface area contributed by atoms with Crippen LogP contribution in [0, 0.1) is 5.92 Å². The van der Waals surface area contributed by atoms with Crippen molar-refractivity contribution in [3.63, 3.8) is 0 Å².